The summed E-state index contributed by atoms with van der Waals surface area (Å²) in [4.78, 5) is 34.8. The van der Waals surface area contributed by atoms with Crippen LogP contribution in [0.4, 0.5) is 8.78 Å². The van der Waals surface area contributed by atoms with Crippen molar-refractivity contribution in [1.82, 2.24) is 14.0 Å². The molecule has 0 saturated carbocycles. The van der Waals surface area contributed by atoms with E-state index in [2.05, 4.69) is 0 Å². The van der Waals surface area contributed by atoms with E-state index in [1.54, 1.807) is 0 Å². The van der Waals surface area contributed by atoms with Crippen LogP contribution < -0.4 is 11.2 Å². The molecule has 0 aliphatic rings. The number of amides is 1. The van der Waals surface area contributed by atoms with Gasteiger partial charge in [0.1, 0.15) is 0 Å². The van der Waals surface area contributed by atoms with Crippen molar-refractivity contribution in [3.63, 3.8) is 0 Å². The lowest BCUT2D eigenvalue weighted by molar-refractivity contribution is -0.142. The minimum absolute atomic E-state index is 0.0936. The number of aryl methyl sites for hydroxylation is 1. The van der Waals surface area contributed by atoms with Crippen LogP contribution in [0.5, 0.6) is 0 Å². The second-order valence-corrected chi connectivity index (χ2v) is 3.91. The Labute approximate surface area is 101 Å². The number of rotatable bonds is 3. The molecule has 1 rings (SSSR count). The van der Waals surface area contributed by atoms with Crippen LogP contribution in [0.3, 0.4) is 0 Å². The Hall–Kier alpha value is -1.99. The summed E-state index contributed by atoms with van der Waals surface area (Å²) < 4.78 is 26.4. The molecule has 18 heavy (non-hydrogen) atoms. The molecule has 0 saturated heterocycles. The van der Waals surface area contributed by atoms with Gasteiger partial charge in [0.15, 0.2) is 0 Å². The quantitative estimate of drug-likeness (QED) is 0.723. The Balaban J connectivity index is 3.10. The Morgan fingerprint density at radius 2 is 1.94 bits per heavy atom. The molecule has 1 heterocycles. The number of nitrogens with zero attached hydrogens (tertiary/aromatic N) is 3. The van der Waals surface area contributed by atoms with Gasteiger partial charge >= 0.3 is 12.1 Å². The maximum Gasteiger partial charge on any atom is 0.330 e. The van der Waals surface area contributed by atoms with Crippen molar-refractivity contribution >= 4 is 5.91 Å². The van der Waals surface area contributed by atoms with Crippen LogP contribution >= 0.6 is 0 Å². The third kappa shape index (κ3) is 2.63. The monoisotopic (exact) mass is 261 g/mol. The first-order chi connectivity index (χ1) is 8.25. The smallest absolute Gasteiger partial charge is 0.330 e. The van der Waals surface area contributed by atoms with Crippen LogP contribution in [-0.2, 0) is 25.4 Å². The zero-order chi connectivity index (χ0) is 14.0. The number of hydrogen-bond donors (Lipinski definition) is 0. The lowest BCUT2D eigenvalue weighted by atomic mass is 10.3. The van der Waals surface area contributed by atoms with Gasteiger partial charge in [0, 0.05) is 27.3 Å². The van der Waals surface area contributed by atoms with E-state index in [1.165, 1.54) is 27.3 Å². The lowest BCUT2D eigenvalue weighted by Gasteiger charge is -2.16. The predicted molar refractivity (Wildman–Crippen MR) is 59.4 cm³/mol. The molecule has 6 nitrogen and oxygen atoms in total. The summed E-state index contributed by atoms with van der Waals surface area (Å²) in [6.07, 6.45) is -1.88. The van der Waals surface area contributed by atoms with Crippen molar-refractivity contribution in [2.45, 2.75) is 13.0 Å². The minimum atomic E-state index is -3.12. The highest BCUT2D eigenvalue weighted by Gasteiger charge is 2.21. The number of aromatic nitrogens is 2. The average molecular weight is 261 g/mol. The number of halogens is 2. The second kappa shape index (κ2) is 5.11. The molecule has 0 aliphatic heterocycles. The molecule has 0 bridgehead atoms. The molecular weight excluding hydrogens is 248 g/mol. The third-order valence-electron chi connectivity index (χ3n) is 2.49. The molecule has 0 radical (unpaired) electrons. The molecule has 1 aromatic rings. The van der Waals surface area contributed by atoms with E-state index < -0.39 is 23.6 Å². The van der Waals surface area contributed by atoms with Gasteiger partial charge in [-0.25, -0.2) is 4.79 Å². The van der Waals surface area contributed by atoms with Gasteiger partial charge in [0.05, 0.1) is 12.1 Å². The summed E-state index contributed by atoms with van der Waals surface area (Å²) in [5, 5.41) is 0. The topological polar surface area (TPSA) is 64.3 Å². The first-order valence-corrected chi connectivity index (χ1v) is 5.04. The van der Waals surface area contributed by atoms with Crippen LogP contribution in [0.2, 0.25) is 0 Å². The van der Waals surface area contributed by atoms with Crippen molar-refractivity contribution in [1.29, 1.82) is 0 Å². The fourth-order valence-electron chi connectivity index (χ4n) is 1.49. The van der Waals surface area contributed by atoms with Gasteiger partial charge < -0.3 is 9.47 Å². The summed E-state index contributed by atoms with van der Waals surface area (Å²) in [5.74, 6) is -1.37. The van der Waals surface area contributed by atoms with E-state index in [1.807, 2.05) is 0 Å². The van der Waals surface area contributed by atoms with Gasteiger partial charge in [-0.1, -0.05) is 0 Å². The minimum Gasteiger partial charge on any atom is -0.336 e. The molecular formula is C10H13F2N3O3. The molecule has 0 aliphatic carbocycles. The maximum atomic E-state index is 12.2. The van der Waals surface area contributed by atoms with Crippen LogP contribution in [0.15, 0.2) is 15.8 Å². The van der Waals surface area contributed by atoms with Crippen molar-refractivity contribution in [2.75, 3.05) is 7.05 Å². The molecule has 0 N–H and O–H groups in total. The lowest BCUT2D eigenvalue weighted by Crippen LogP contribution is -2.41. The van der Waals surface area contributed by atoms with Gasteiger partial charge in [0.25, 0.3) is 11.5 Å². The highest BCUT2D eigenvalue weighted by atomic mass is 19.3. The Kier molecular flexibility index (Phi) is 4.00. The molecule has 0 fully saturated rings. The van der Waals surface area contributed by atoms with E-state index in [4.69, 9.17) is 0 Å². The fraction of sp³-hybridized carbons (Fsp3) is 0.500. The predicted octanol–water partition coefficient (Wildman–Crippen LogP) is -0.692. The van der Waals surface area contributed by atoms with Crippen molar-refractivity contribution < 1.29 is 13.6 Å². The summed E-state index contributed by atoms with van der Waals surface area (Å²) in [7, 11) is 3.88. The first-order valence-electron chi connectivity index (χ1n) is 5.04. The van der Waals surface area contributed by atoms with Crippen LogP contribution in [0.1, 0.15) is 5.56 Å². The molecule has 8 heteroatoms. The Morgan fingerprint density at radius 1 is 1.39 bits per heavy atom. The maximum absolute atomic E-state index is 12.2. The normalized spacial score (nSPS) is 10.8. The Morgan fingerprint density at radius 3 is 2.44 bits per heavy atom. The molecule has 0 spiro atoms. The number of alkyl halides is 2. The van der Waals surface area contributed by atoms with Crippen molar-refractivity contribution in [2.24, 2.45) is 14.1 Å². The number of carbonyl (C=O) groups is 1. The molecule has 0 unspecified atom stereocenters. The van der Waals surface area contributed by atoms with Gasteiger partial charge in [-0.05, 0) is 0 Å². The van der Waals surface area contributed by atoms with Crippen LogP contribution in [-0.4, -0.2) is 33.4 Å². The zero-order valence-corrected chi connectivity index (χ0v) is 10.2. The summed E-state index contributed by atoms with van der Waals surface area (Å²) in [5.41, 5.74) is -1.03. The molecule has 1 amide bonds. The second-order valence-electron chi connectivity index (χ2n) is 3.91. The molecule has 100 valence electrons. The van der Waals surface area contributed by atoms with E-state index in [0.717, 1.165) is 14.0 Å². The fourth-order valence-corrected chi connectivity index (χ4v) is 1.49. The molecule has 0 atom stereocenters. The van der Waals surface area contributed by atoms with Gasteiger partial charge in [-0.15, -0.1) is 0 Å². The average Bonchev–Trinajstić information content (AvgIpc) is 2.32. The van der Waals surface area contributed by atoms with E-state index in [0.29, 0.717) is 0 Å². The first kappa shape index (κ1) is 14.1. The highest BCUT2D eigenvalue weighted by Crippen LogP contribution is 2.02. The van der Waals surface area contributed by atoms with Crippen molar-refractivity contribution in [3.8, 4) is 0 Å². The summed E-state index contributed by atoms with van der Waals surface area (Å²) >= 11 is 0. The zero-order valence-electron chi connectivity index (χ0n) is 10.2. The third-order valence-corrected chi connectivity index (χ3v) is 2.49. The van der Waals surface area contributed by atoms with Gasteiger partial charge in [0.2, 0.25) is 0 Å². The van der Waals surface area contributed by atoms with E-state index in [9.17, 15) is 23.2 Å². The molecule has 0 aromatic carbocycles. The SMILES string of the molecule is CN(Cc1cn(C)c(=O)n(C)c1=O)C(=O)C(F)F. The molecule has 1 aromatic heterocycles. The van der Waals surface area contributed by atoms with Gasteiger partial charge in [-0.3, -0.25) is 14.2 Å². The van der Waals surface area contributed by atoms with Gasteiger partial charge in [-0.2, -0.15) is 8.78 Å². The largest absolute Gasteiger partial charge is 0.336 e. The van der Waals surface area contributed by atoms with Crippen LogP contribution in [0.25, 0.3) is 0 Å². The summed E-state index contributed by atoms with van der Waals surface area (Å²) in [6.45, 7) is -0.274. The number of hydrogen-bond acceptors (Lipinski definition) is 3. The van der Waals surface area contributed by atoms with E-state index in [-0.39, 0.29) is 12.1 Å². The Bertz CT molecular complexity index is 577. The summed E-state index contributed by atoms with van der Waals surface area (Å²) in [6, 6.07) is 0. The number of carbonyl (C=O) groups excluding carboxylic acids is 1. The van der Waals surface area contributed by atoms with Crippen molar-refractivity contribution in [3.05, 3.63) is 32.6 Å². The van der Waals surface area contributed by atoms with E-state index >= 15 is 0 Å². The standard InChI is InChI=1S/C10H13F2N3O3/c1-13(9(17)7(11)12)4-6-5-14(2)10(18)15(3)8(6)16/h5,7H,4H2,1-3H3. The highest BCUT2D eigenvalue weighted by molar-refractivity contribution is 5.78. The van der Waals surface area contributed by atoms with Crippen LogP contribution in [0, 0.1) is 0 Å².